The summed E-state index contributed by atoms with van der Waals surface area (Å²) in [5.41, 5.74) is 0. The van der Waals surface area contributed by atoms with E-state index in [1.807, 2.05) is 11.3 Å². The Morgan fingerprint density at radius 2 is 2.20 bits per heavy atom. The Hall–Kier alpha value is -0.610. The van der Waals surface area contributed by atoms with Gasteiger partial charge in [-0.05, 0) is 44.7 Å². The van der Waals surface area contributed by atoms with Crippen molar-refractivity contribution < 1.29 is 0 Å². The van der Waals surface area contributed by atoms with Crippen LogP contribution in [0.15, 0.2) is 6.20 Å². The molecule has 0 bridgehead atoms. The minimum Gasteiger partial charge on any atom is -0.362 e. The van der Waals surface area contributed by atoms with E-state index in [4.69, 9.17) is 0 Å². The minimum absolute atomic E-state index is 0.966. The highest BCUT2D eigenvalue weighted by Gasteiger charge is 2.17. The number of hydrogen-bond donors (Lipinski definition) is 1. The summed E-state index contributed by atoms with van der Waals surface area (Å²) in [5.74, 6) is 0.966. The average Bonchev–Trinajstić information content (AvgIpc) is 2.77. The van der Waals surface area contributed by atoms with Gasteiger partial charge < -0.3 is 5.32 Å². The molecule has 1 aliphatic rings. The fourth-order valence-electron chi connectivity index (χ4n) is 2.99. The Balaban J connectivity index is 1.79. The Labute approximate surface area is 127 Å². The topological polar surface area (TPSA) is 28.2 Å². The van der Waals surface area contributed by atoms with Crippen molar-refractivity contribution in [3.8, 4) is 0 Å². The van der Waals surface area contributed by atoms with Gasteiger partial charge in [0.2, 0.25) is 0 Å². The summed E-state index contributed by atoms with van der Waals surface area (Å²) < 4.78 is 0. The largest absolute Gasteiger partial charge is 0.362 e. The molecule has 20 heavy (non-hydrogen) atoms. The molecule has 0 amide bonds. The molecule has 2 rings (SSSR count). The first-order valence-electron chi connectivity index (χ1n) is 8.22. The SMILES string of the molecule is CCCNc1ncc(CN2CCCC(CCC)CC2)s1. The highest BCUT2D eigenvalue weighted by Crippen LogP contribution is 2.25. The van der Waals surface area contributed by atoms with Gasteiger partial charge in [0.25, 0.3) is 0 Å². The predicted molar refractivity (Wildman–Crippen MR) is 88.4 cm³/mol. The highest BCUT2D eigenvalue weighted by atomic mass is 32.1. The third-order valence-corrected chi connectivity index (χ3v) is 5.04. The second-order valence-corrected chi connectivity index (χ2v) is 7.04. The number of likely N-dealkylation sites (tertiary alicyclic amines) is 1. The minimum atomic E-state index is 0.966. The standard InChI is InChI=1S/C16H29N3S/c1-3-6-14-7-5-10-19(11-8-14)13-15-12-18-16(20-15)17-9-4-2/h12,14H,3-11,13H2,1-2H3,(H,17,18). The lowest BCUT2D eigenvalue weighted by Crippen LogP contribution is -2.23. The molecular formula is C16H29N3S. The van der Waals surface area contributed by atoms with Gasteiger partial charge in [-0.3, -0.25) is 4.90 Å². The molecule has 4 heteroatoms. The molecule has 3 nitrogen and oxygen atoms in total. The highest BCUT2D eigenvalue weighted by molar-refractivity contribution is 7.15. The van der Waals surface area contributed by atoms with Gasteiger partial charge in [-0.25, -0.2) is 4.98 Å². The second-order valence-electron chi connectivity index (χ2n) is 5.92. The van der Waals surface area contributed by atoms with E-state index < -0.39 is 0 Å². The summed E-state index contributed by atoms with van der Waals surface area (Å²) in [6.07, 6.45) is 10.1. The molecule has 2 heterocycles. The maximum atomic E-state index is 4.47. The van der Waals surface area contributed by atoms with Crippen LogP contribution in [0.3, 0.4) is 0 Å². The van der Waals surface area contributed by atoms with Crippen LogP contribution in [0.1, 0.15) is 57.2 Å². The van der Waals surface area contributed by atoms with Crippen molar-refractivity contribution in [3.05, 3.63) is 11.1 Å². The average molecular weight is 295 g/mol. The van der Waals surface area contributed by atoms with Crippen molar-refractivity contribution in [2.24, 2.45) is 5.92 Å². The number of hydrogen-bond acceptors (Lipinski definition) is 4. The van der Waals surface area contributed by atoms with Gasteiger partial charge in [0.1, 0.15) is 0 Å². The van der Waals surface area contributed by atoms with E-state index in [1.165, 1.54) is 50.1 Å². The fraction of sp³-hybridized carbons (Fsp3) is 0.812. The molecular weight excluding hydrogens is 266 g/mol. The van der Waals surface area contributed by atoms with Crippen molar-refractivity contribution in [1.82, 2.24) is 9.88 Å². The summed E-state index contributed by atoms with van der Waals surface area (Å²) in [7, 11) is 0. The molecule has 0 aromatic carbocycles. The first-order valence-corrected chi connectivity index (χ1v) is 9.04. The predicted octanol–water partition coefficient (Wildman–Crippen LogP) is 4.37. The second kappa shape index (κ2) is 8.63. The molecule has 1 atom stereocenters. The molecule has 1 fully saturated rings. The lowest BCUT2D eigenvalue weighted by Gasteiger charge is -2.18. The van der Waals surface area contributed by atoms with Gasteiger partial charge in [-0.15, -0.1) is 11.3 Å². The third-order valence-electron chi connectivity index (χ3n) is 4.10. The number of nitrogens with one attached hydrogen (secondary N) is 1. The summed E-state index contributed by atoms with van der Waals surface area (Å²) in [6.45, 7) is 9.13. The smallest absolute Gasteiger partial charge is 0.182 e. The molecule has 0 saturated carbocycles. The molecule has 0 aliphatic carbocycles. The van der Waals surface area contributed by atoms with Crippen LogP contribution in [-0.2, 0) is 6.54 Å². The lowest BCUT2D eigenvalue weighted by molar-refractivity contribution is 0.273. The molecule has 1 unspecified atom stereocenters. The number of nitrogens with zero attached hydrogens (tertiary/aromatic N) is 2. The quantitative estimate of drug-likeness (QED) is 0.809. The monoisotopic (exact) mass is 295 g/mol. The van der Waals surface area contributed by atoms with Gasteiger partial charge in [0.05, 0.1) is 0 Å². The molecule has 114 valence electrons. The Morgan fingerprint density at radius 1 is 1.30 bits per heavy atom. The molecule has 0 radical (unpaired) electrons. The van der Waals surface area contributed by atoms with E-state index in [0.717, 1.165) is 30.6 Å². The molecule has 1 N–H and O–H groups in total. The van der Waals surface area contributed by atoms with E-state index in [2.05, 4.69) is 35.2 Å². The first-order chi connectivity index (χ1) is 9.81. The maximum Gasteiger partial charge on any atom is 0.182 e. The van der Waals surface area contributed by atoms with Crippen molar-refractivity contribution in [2.45, 2.75) is 58.9 Å². The normalized spacial score (nSPS) is 20.8. The fourth-order valence-corrected chi connectivity index (χ4v) is 3.88. The van der Waals surface area contributed by atoms with Crippen LogP contribution in [-0.4, -0.2) is 29.5 Å². The van der Waals surface area contributed by atoms with Gasteiger partial charge in [-0.2, -0.15) is 0 Å². The van der Waals surface area contributed by atoms with Gasteiger partial charge in [-0.1, -0.05) is 26.7 Å². The van der Waals surface area contributed by atoms with E-state index in [1.54, 1.807) is 0 Å². The Morgan fingerprint density at radius 3 is 3.00 bits per heavy atom. The number of rotatable bonds is 7. The zero-order chi connectivity index (χ0) is 14.2. The van der Waals surface area contributed by atoms with Crippen LogP contribution >= 0.6 is 11.3 Å². The van der Waals surface area contributed by atoms with Gasteiger partial charge >= 0.3 is 0 Å². The molecule has 1 aromatic heterocycles. The lowest BCUT2D eigenvalue weighted by atomic mass is 9.96. The van der Waals surface area contributed by atoms with Crippen molar-refractivity contribution in [1.29, 1.82) is 0 Å². The summed E-state index contributed by atoms with van der Waals surface area (Å²) in [5, 5.41) is 4.46. The van der Waals surface area contributed by atoms with Crippen LogP contribution < -0.4 is 5.32 Å². The van der Waals surface area contributed by atoms with Crippen LogP contribution in [0.4, 0.5) is 5.13 Å². The van der Waals surface area contributed by atoms with Gasteiger partial charge in [0.15, 0.2) is 5.13 Å². The van der Waals surface area contributed by atoms with Crippen LogP contribution in [0.25, 0.3) is 0 Å². The molecule has 1 aliphatic heterocycles. The van der Waals surface area contributed by atoms with Crippen LogP contribution in [0.2, 0.25) is 0 Å². The Kier molecular flexibility index (Phi) is 6.80. The van der Waals surface area contributed by atoms with Gasteiger partial charge in [0, 0.05) is 24.2 Å². The van der Waals surface area contributed by atoms with E-state index in [0.29, 0.717) is 0 Å². The number of aromatic nitrogens is 1. The zero-order valence-corrected chi connectivity index (χ0v) is 13.8. The third kappa shape index (κ3) is 5.06. The molecule has 0 spiro atoms. The van der Waals surface area contributed by atoms with E-state index in [-0.39, 0.29) is 0 Å². The summed E-state index contributed by atoms with van der Waals surface area (Å²) in [4.78, 5) is 8.49. The summed E-state index contributed by atoms with van der Waals surface area (Å²) >= 11 is 1.82. The maximum absolute atomic E-state index is 4.47. The van der Waals surface area contributed by atoms with Crippen molar-refractivity contribution in [2.75, 3.05) is 25.0 Å². The zero-order valence-electron chi connectivity index (χ0n) is 13.0. The molecule has 1 aromatic rings. The van der Waals surface area contributed by atoms with Crippen LogP contribution in [0, 0.1) is 5.92 Å². The Bertz CT molecular complexity index is 378. The van der Waals surface area contributed by atoms with Crippen LogP contribution in [0.5, 0.6) is 0 Å². The molecule has 1 saturated heterocycles. The first kappa shape index (κ1) is 15.8. The summed E-state index contributed by atoms with van der Waals surface area (Å²) in [6, 6.07) is 0. The van der Waals surface area contributed by atoms with Crippen molar-refractivity contribution in [3.63, 3.8) is 0 Å². The number of anilines is 1. The van der Waals surface area contributed by atoms with E-state index >= 15 is 0 Å². The number of thiazole rings is 1. The van der Waals surface area contributed by atoms with Crippen molar-refractivity contribution >= 4 is 16.5 Å². The van der Waals surface area contributed by atoms with E-state index in [9.17, 15) is 0 Å².